The lowest BCUT2D eigenvalue weighted by atomic mass is 10.0. The molecule has 2 aromatic heterocycles. The van der Waals surface area contributed by atoms with Crippen molar-refractivity contribution >= 4 is 22.9 Å². The molecule has 180 valence electrons. The topological polar surface area (TPSA) is 73.3 Å². The fourth-order valence-corrected chi connectivity index (χ4v) is 5.40. The first kappa shape index (κ1) is 23.1. The van der Waals surface area contributed by atoms with Crippen LogP contribution in [0.4, 0.5) is 0 Å². The second-order valence-corrected chi connectivity index (χ2v) is 9.46. The predicted molar refractivity (Wildman–Crippen MR) is 139 cm³/mol. The number of carbonyl (C=O) groups is 1. The number of para-hydroxylation sites is 1. The Labute approximate surface area is 205 Å². The van der Waals surface area contributed by atoms with E-state index in [1.807, 2.05) is 6.20 Å². The lowest BCUT2D eigenvalue weighted by molar-refractivity contribution is -0.124. The van der Waals surface area contributed by atoms with E-state index in [-0.39, 0.29) is 0 Å². The van der Waals surface area contributed by atoms with E-state index in [1.54, 1.807) is 11.6 Å². The molecule has 1 amide bonds. The molecule has 3 N–H and O–H groups in total. The number of rotatable bonds is 8. The van der Waals surface area contributed by atoms with Gasteiger partial charge >= 0.3 is 0 Å². The number of aromatic amines is 1. The number of H-pyrrole nitrogens is 1. The summed E-state index contributed by atoms with van der Waals surface area (Å²) in [5, 5.41) is 10.1. The summed E-state index contributed by atoms with van der Waals surface area (Å²) in [6.07, 6.45) is 10.5. The number of hydrogen-bond acceptors (Lipinski definition) is 3. The van der Waals surface area contributed by atoms with E-state index in [9.17, 15) is 4.79 Å². The molecule has 2 heterocycles. The van der Waals surface area contributed by atoms with Gasteiger partial charge < -0.3 is 9.55 Å². The van der Waals surface area contributed by atoms with Gasteiger partial charge in [0.2, 0.25) is 0 Å². The summed E-state index contributed by atoms with van der Waals surface area (Å²) in [7, 11) is 2.12. The highest BCUT2D eigenvalue weighted by Crippen LogP contribution is 2.37. The third kappa shape index (κ3) is 4.81. The smallest absolute Gasteiger partial charge is 0.267 e. The van der Waals surface area contributed by atoms with Crippen LogP contribution in [0.25, 0.3) is 17.0 Å². The highest BCUT2D eigenvalue weighted by Gasteiger charge is 2.28. The molecule has 6 heteroatoms. The zero-order valence-corrected chi connectivity index (χ0v) is 20.3. The van der Waals surface area contributed by atoms with Crippen LogP contribution in [-0.2, 0) is 31.2 Å². The van der Waals surface area contributed by atoms with Gasteiger partial charge in [0.25, 0.3) is 5.91 Å². The number of nitrogens with one attached hydrogen (secondary N) is 2. The summed E-state index contributed by atoms with van der Waals surface area (Å²) >= 11 is 0. The Morgan fingerprint density at radius 2 is 2.11 bits per heavy atom. The van der Waals surface area contributed by atoms with Gasteiger partial charge in [-0.25, -0.2) is 5.48 Å². The largest absolute Gasteiger partial charge is 0.364 e. The second kappa shape index (κ2) is 9.94. The van der Waals surface area contributed by atoms with Crippen molar-refractivity contribution < 1.29 is 10.0 Å². The number of fused-ring (bicyclic) bond motifs is 2. The summed E-state index contributed by atoms with van der Waals surface area (Å²) in [4.78, 5) is 17.4. The zero-order chi connectivity index (χ0) is 24.4. The highest BCUT2D eigenvalue weighted by molar-refractivity contribution is 5.90. The molecule has 0 spiro atoms. The van der Waals surface area contributed by atoms with Gasteiger partial charge in [-0.15, -0.1) is 0 Å². The molecule has 0 saturated carbocycles. The normalized spacial score (nSPS) is 15.4. The molecule has 6 nitrogen and oxygen atoms in total. The molecular weight excluding hydrogens is 436 g/mol. The van der Waals surface area contributed by atoms with E-state index in [1.165, 1.54) is 44.9 Å². The monoisotopic (exact) mass is 468 g/mol. The number of carbonyl (C=O) groups excluding carboxylic acids is 1. The van der Waals surface area contributed by atoms with Crippen LogP contribution in [0.3, 0.4) is 0 Å². The summed E-state index contributed by atoms with van der Waals surface area (Å²) in [6.45, 7) is 4.01. The Balaban J connectivity index is 1.40. The Morgan fingerprint density at radius 3 is 2.91 bits per heavy atom. The second-order valence-electron chi connectivity index (χ2n) is 9.46. The van der Waals surface area contributed by atoms with Crippen molar-refractivity contribution in [2.24, 2.45) is 7.05 Å². The maximum Gasteiger partial charge on any atom is 0.267 e. The first-order valence-electron chi connectivity index (χ1n) is 12.2. The van der Waals surface area contributed by atoms with Gasteiger partial charge in [0.1, 0.15) is 0 Å². The molecule has 1 aliphatic carbocycles. The number of benzene rings is 2. The maximum absolute atomic E-state index is 11.4. The third-order valence-electron chi connectivity index (χ3n) is 7.27. The Hall–Kier alpha value is -3.61. The van der Waals surface area contributed by atoms with Crippen LogP contribution in [0.2, 0.25) is 0 Å². The first-order chi connectivity index (χ1) is 17.0. The van der Waals surface area contributed by atoms with Gasteiger partial charge in [-0.2, -0.15) is 0 Å². The molecule has 4 aromatic rings. The molecule has 0 saturated heterocycles. The van der Waals surface area contributed by atoms with Crippen molar-refractivity contribution in [3.05, 3.63) is 101 Å². The molecule has 35 heavy (non-hydrogen) atoms. The van der Waals surface area contributed by atoms with Gasteiger partial charge in [0.15, 0.2) is 0 Å². The average molecular weight is 469 g/mol. The molecule has 1 aliphatic rings. The van der Waals surface area contributed by atoms with Crippen molar-refractivity contribution in [3.8, 4) is 0 Å². The summed E-state index contributed by atoms with van der Waals surface area (Å²) in [6, 6.07) is 17.5. The molecule has 5 rings (SSSR count). The number of amides is 1. The predicted octanol–water partition coefficient (Wildman–Crippen LogP) is 5.07. The summed E-state index contributed by atoms with van der Waals surface area (Å²) in [5.74, 6) is -0.524. The third-order valence-corrected chi connectivity index (χ3v) is 7.27. The quantitative estimate of drug-likeness (QED) is 0.192. The highest BCUT2D eigenvalue weighted by atomic mass is 16.5. The molecule has 1 atom stereocenters. The van der Waals surface area contributed by atoms with E-state index in [0.717, 1.165) is 37.9 Å². The molecule has 0 fully saturated rings. The Bertz CT molecular complexity index is 1380. The number of aromatic nitrogens is 2. The van der Waals surface area contributed by atoms with Crippen LogP contribution in [0, 0.1) is 6.92 Å². The Kier molecular flexibility index (Phi) is 6.57. The van der Waals surface area contributed by atoms with Crippen LogP contribution >= 0.6 is 0 Å². The van der Waals surface area contributed by atoms with E-state index >= 15 is 0 Å². The molecule has 0 bridgehead atoms. The lowest BCUT2D eigenvalue weighted by Gasteiger charge is -2.30. The first-order valence-corrected chi connectivity index (χ1v) is 12.2. The molecular formula is C29H32N4O2. The number of hydrogen-bond donors (Lipinski definition) is 3. The van der Waals surface area contributed by atoms with Crippen molar-refractivity contribution in [1.29, 1.82) is 0 Å². The van der Waals surface area contributed by atoms with E-state index in [2.05, 4.69) is 83.2 Å². The fourth-order valence-electron chi connectivity index (χ4n) is 5.40. The minimum Gasteiger partial charge on any atom is -0.364 e. The number of nitrogens with zero attached hydrogens (tertiary/aromatic N) is 2. The van der Waals surface area contributed by atoms with Crippen molar-refractivity contribution in [3.63, 3.8) is 0 Å². The van der Waals surface area contributed by atoms with Crippen LogP contribution in [0.1, 0.15) is 46.0 Å². The zero-order valence-electron chi connectivity index (χ0n) is 20.3. The van der Waals surface area contributed by atoms with Crippen LogP contribution in [0.5, 0.6) is 0 Å². The molecule has 0 aliphatic heterocycles. The van der Waals surface area contributed by atoms with Crippen molar-refractivity contribution in [2.75, 3.05) is 6.54 Å². The van der Waals surface area contributed by atoms with Crippen LogP contribution in [0.15, 0.2) is 67.0 Å². The van der Waals surface area contributed by atoms with Crippen LogP contribution < -0.4 is 5.48 Å². The van der Waals surface area contributed by atoms with E-state index < -0.39 is 5.91 Å². The minimum absolute atomic E-state index is 0.349. The van der Waals surface area contributed by atoms with Crippen LogP contribution in [-0.4, -0.2) is 32.1 Å². The van der Waals surface area contributed by atoms with E-state index in [0.29, 0.717) is 6.04 Å². The fraction of sp³-hybridized carbons (Fsp3) is 0.276. The maximum atomic E-state index is 11.4. The van der Waals surface area contributed by atoms with Gasteiger partial charge in [0, 0.05) is 61.2 Å². The number of hydroxylamine groups is 1. The van der Waals surface area contributed by atoms with Crippen molar-refractivity contribution in [1.82, 2.24) is 19.9 Å². The van der Waals surface area contributed by atoms with Crippen molar-refractivity contribution in [2.45, 2.75) is 38.8 Å². The SMILES string of the molecule is Cc1cc[nH]c1CN(CCc1cn(C)c2ccccc12)C1CCc2cc(C=CC(=O)NO)ccc21. The van der Waals surface area contributed by atoms with E-state index in [4.69, 9.17) is 5.21 Å². The van der Waals surface area contributed by atoms with Gasteiger partial charge in [-0.1, -0.05) is 36.4 Å². The average Bonchev–Trinajstić information content (AvgIpc) is 3.57. The Morgan fingerprint density at radius 1 is 1.26 bits per heavy atom. The summed E-state index contributed by atoms with van der Waals surface area (Å²) in [5.41, 5.74) is 10.5. The number of aryl methyl sites for hydroxylation is 3. The molecule has 0 radical (unpaired) electrons. The van der Waals surface area contributed by atoms with Gasteiger partial charge in [0.05, 0.1) is 0 Å². The molecule has 2 aromatic carbocycles. The standard InChI is InChI=1S/C29H32N4O2/c1-20-13-15-30-26(20)19-33(16-14-23-18-32(2)27-6-4-3-5-24(23)27)28-11-9-22-17-21(7-10-25(22)28)8-12-29(34)31-35/h3-8,10,12-13,15,17-18,28,30,35H,9,11,14,16,19H2,1-2H3,(H,31,34). The van der Waals surface area contributed by atoms with Gasteiger partial charge in [-0.3, -0.25) is 14.9 Å². The molecule has 1 unspecified atom stereocenters. The lowest BCUT2D eigenvalue weighted by Crippen LogP contribution is -2.29. The summed E-state index contributed by atoms with van der Waals surface area (Å²) < 4.78 is 2.22. The minimum atomic E-state index is -0.524. The van der Waals surface area contributed by atoms with Gasteiger partial charge in [-0.05, 0) is 72.2 Å².